The molecule has 0 aliphatic carbocycles. The summed E-state index contributed by atoms with van der Waals surface area (Å²) < 4.78 is 15.3. The lowest BCUT2D eigenvalue weighted by Gasteiger charge is -2.43. The molecule has 0 unspecified atom stereocenters. The van der Waals surface area contributed by atoms with Crippen molar-refractivity contribution in [2.75, 3.05) is 4.90 Å². The Labute approximate surface area is 138 Å². The summed E-state index contributed by atoms with van der Waals surface area (Å²) in [6.07, 6.45) is 8.21. The summed E-state index contributed by atoms with van der Waals surface area (Å²) in [5.41, 5.74) is 2.27. The number of aryl methyl sites for hydroxylation is 1. The number of anilines is 1. The van der Waals surface area contributed by atoms with Crippen LogP contribution < -0.4 is 4.90 Å². The van der Waals surface area contributed by atoms with E-state index in [9.17, 15) is 9.18 Å². The van der Waals surface area contributed by atoms with Crippen LogP contribution in [0.4, 0.5) is 10.1 Å². The van der Waals surface area contributed by atoms with Crippen molar-refractivity contribution in [2.24, 2.45) is 0 Å². The second-order valence-corrected chi connectivity index (χ2v) is 6.69. The van der Waals surface area contributed by atoms with Gasteiger partial charge >= 0.3 is 0 Å². The van der Waals surface area contributed by atoms with Crippen LogP contribution in [-0.2, 0) is 6.42 Å². The molecule has 0 saturated carbocycles. The molecule has 24 heavy (non-hydrogen) atoms. The molecule has 1 aromatic carbocycles. The lowest BCUT2D eigenvalue weighted by atomic mass is 9.86. The van der Waals surface area contributed by atoms with E-state index in [-0.39, 0.29) is 17.3 Å². The minimum atomic E-state index is -0.368. The monoisotopic (exact) mass is 324 g/mol. The van der Waals surface area contributed by atoms with Gasteiger partial charge in [-0.15, -0.1) is 0 Å². The highest BCUT2D eigenvalue weighted by molar-refractivity contribution is 6.06. The van der Waals surface area contributed by atoms with E-state index in [1.54, 1.807) is 40.2 Å². The average Bonchev–Trinajstić information content (AvgIpc) is 3.01. The van der Waals surface area contributed by atoms with Gasteiger partial charge in [0.25, 0.3) is 5.91 Å². The molecular formula is C18H17FN4O. The molecule has 0 radical (unpaired) electrons. The number of nitrogens with zero attached hydrogens (tertiary/aromatic N) is 4. The van der Waals surface area contributed by atoms with Crippen molar-refractivity contribution in [3.05, 3.63) is 60.1 Å². The maximum atomic E-state index is 13.6. The highest BCUT2D eigenvalue weighted by Crippen LogP contribution is 2.37. The van der Waals surface area contributed by atoms with E-state index in [0.717, 1.165) is 24.1 Å². The van der Waals surface area contributed by atoms with Crippen LogP contribution in [0.15, 0.2) is 43.0 Å². The zero-order chi connectivity index (χ0) is 16.9. The van der Waals surface area contributed by atoms with Crippen LogP contribution in [0, 0.1) is 5.82 Å². The molecule has 0 spiro atoms. The predicted octanol–water partition coefficient (Wildman–Crippen LogP) is 3.24. The first-order valence-corrected chi connectivity index (χ1v) is 7.87. The number of aromatic nitrogens is 3. The van der Waals surface area contributed by atoms with Crippen molar-refractivity contribution < 1.29 is 9.18 Å². The number of imidazole rings is 1. The van der Waals surface area contributed by atoms with Crippen molar-refractivity contribution in [1.29, 1.82) is 0 Å². The van der Waals surface area contributed by atoms with Gasteiger partial charge in [0, 0.05) is 29.8 Å². The number of halogens is 1. The molecule has 1 amide bonds. The van der Waals surface area contributed by atoms with Gasteiger partial charge in [-0.05, 0) is 50.5 Å². The lowest BCUT2D eigenvalue weighted by Crippen LogP contribution is -2.51. The molecule has 2 aromatic heterocycles. The van der Waals surface area contributed by atoms with E-state index in [2.05, 4.69) is 9.97 Å². The third kappa shape index (κ3) is 2.26. The Morgan fingerprint density at radius 2 is 2.12 bits per heavy atom. The number of fused-ring (bicyclic) bond motifs is 2. The molecule has 1 aliphatic rings. The smallest absolute Gasteiger partial charge is 0.278 e. The van der Waals surface area contributed by atoms with Crippen LogP contribution in [0.5, 0.6) is 0 Å². The van der Waals surface area contributed by atoms with Crippen LogP contribution in [-0.4, -0.2) is 25.8 Å². The van der Waals surface area contributed by atoms with Crippen molar-refractivity contribution in [3.8, 4) is 0 Å². The summed E-state index contributed by atoms with van der Waals surface area (Å²) in [6.45, 7) is 4.04. The number of rotatable bonds is 1. The Balaban J connectivity index is 1.82. The van der Waals surface area contributed by atoms with Gasteiger partial charge in [0.15, 0.2) is 5.65 Å². The molecule has 0 fully saturated rings. The Hall–Kier alpha value is -2.76. The molecule has 3 aromatic rings. The first-order chi connectivity index (χ1) is 11.5. The van der Waals surface area contributed by atoms with E-state index < -0.39 is 0 Å². The quantitative estimate of drug-likeness (QED) is 0.690. The minimum absolute atomic E-state index is 0.192. The Morgan fingerprint density at radius 3 is 2.96 bits per heavy atom. The summed E-state index contributed by atoms with van der Waals surface area (Å²) >= 11 is 0. The Bertz CT molecular complexity index is 947. The van der Waals surface area contributed by atoms with E-state index in [1.165, 1.54) is 12.1 Å². The van der Waals surface area contributed by atoms with E-state index in [1.807, 2.05) is 13.8 Å². The molecule has 0 N–H and O–H groups in total. The Kier molecular flexibility index (Phi) is 3.16. The third-order valence-corrected chi connectivity index (χ3v) is 4.60. The highest BCUT2D eigenvalue weighted by atomic mass is 19.1. The van der Waals surface area contributed by atoms with E-state index in [4.69, 9.17) is 0 Å². The van der Waals surface area contributed by atoms with Crippen molar-refractivity contribution >= 4 is 17.2 Å². The van der Waals surface area contributed by atoms with Gasteiger partial charge in [-0.25, -0.2) is 14.4 Å². The van der Waals surface area contributed by atoms with Crippen LogP contribution in [0.2, 0.25) is 0 Å². The van der Waals surface area contributed by atoms with Gasteiger partial charge in [-0.3, -0.25) is 4.79 Å². The number of hydrogen-bond donors (Lipinski definition) is 0. The molecule has 1 aliphatic heterocycles. The molecule has 5 nitrogen and oxygen atoms in total. The van der Waals surface area contributed by atoms with Gasteiger partial charge in [0.05, 0.1) is 6.20 Å². The first kappa shape index (κ1) is 14.8. The molecular weight excluding hydrogens is 307 g/mol. The minimum Gasteiger partial charge on any atom is -0.303 e. The van der Waals surface area contributed by atoms with Crippen molar-refractivity contribution in [3.63, 3.8) is 0 Å². The summed E-state index contributed by atoms with van der Waals surface area (Å²) in [5.74, 6) is -0.470. The number of hydrogen-bond acceptors (Lipinski definition) is 3. The molecule has 4 rings (SSSR count). The normalized spacial score (nSPS) is 16.2. The fourth-order valence-corrected chi connectivity index (χ4v) is 3.29. The molecule has 122 valence electrons. The summed E-state index contributed by atoms with van der Waals surface area (Å²) in [4.78, 5) is 23.3. The molecule has 0 atom stereocenters. The van der Waals surface area contributed by atoms with Crippen LogP contribution in [0.3, 0.4) is 0 Å². The van der Waals surface area contributed by atoms with Gasteiger partial charge in [0.2, 0.25) is 0 Å². The number of carbonyl (C=O) groups excluding carboxylic acids is 1. The van der Waals surface area contributed by atoms with E-state index >= 15 is 0 Å². The van der Waals surface area contributed by atoms with Gasteiger partial charge in [-0.1, -0.05) is 0 Å². The zero-order valence-corrected chi connectivity index (χ0v) is 13.5. The number of benzene rings is 1. The molecule has 3 heterocycles. The third-order valence-electron chi connectivity index (χ3n) is 4.60. The lowest BCUT2D eigenvalue weighted by molar-refractivity contribution is 0.0951. The van der Waals surface area contributed by atoms with Crippen LogP contribution >= 0.6 is 0 Å². The van der Waals surface area contributed by atoms with Crippen molar-refractivity contribution in [2.45, 2.75) is 32.2 Å². The summed E-state index contributed by atoms with van der Waals surface area (Å²) in [6, 6.07) is 4.59. The SMILES string of the molecule is CC1(C)CCc2cc(F)ccc2N1C(=O)c1cn2ccnc2cn1. The maximum absolute atomic E-state index is 13.6. The second kappa shape index (κ2) is 5.12. The zero-order valence-electron chi connectivity index (χ0n) is 13.5. The van der Waals surface area contributed by atoms with Gasteiger partial charge < -0.3 is 9.30 Å². The molecule has 0 bridgehead atoms. The first-order valence-electron chi connectivity index (χ1n) is 7.87. The molecule has 0 saturated heterocycles. The number of carbonyl (C=O) groups is 1. The van der Waals surface area contributed by atoms with Crippen LogP contribution in [0.25, 0.3) is 5.65 Å². The fraction of sp³-hybridized carbons (Fsp3) is 0.278. The largest absolute Gasteiger partial charge is 0.303 e. The van der Waals surface area contributed by atoms with Gasteiger partial charge in [0.1, 0.15) is 11.5 Å². The summed E-state index contributed by atoms with van der Waals surface area (Å²) in [7, 11) is 0. The van der Waals surface area contributed by atoms with Crippen molar-refractivity contribution in [1.82, 2.24) is 14.4 Å². The summed E-state index contributed by atoms with van der Waals surface area (Å²) in [5, 5.41) is 0. The van der Waals surface area contributed by atoms with E-state index in [0.29, 0.717) is 11.3 Å². The average molecular weight is 324 g/mol. The second-order valence-electron chi connectivity index (χ2n) is 6.69. The topological polar surface area (TPSA) is 50.5 Å². The van der Waals surface area contributed by atoms with Gasteiger partial charge in [-0.2, -0.15) is 0 Å². The standard InChI is InChI=1S/C18H17FN4O/c1-18(2)6-5-12-9-13(19)3-4-15(12)23(18)17(24)14-11-22-8-7-20-16(22)10-21-14/h3-4,7-11H,5-6H2,1-2H3. The fourth-order valence-electron chi connectivity index (χ4n) is 3.29. The maximum Gasteiger partial charge on any atom is 0.278 e. The predicted molar refractivity (Wildman–Crippen MR) is 88.6 cm³/mol. The van der Waals surface area contributed by atoms with Crippen LogP contribution in [0.1, 0.15) is 36.3 Å². The highest BCUT2D eigenvalue weighted by Gasteiger charge is 2.38. The Morgan fingerprint density at radius 1 is 1.29 bits per heavy atom. The molecule has 6 heteroatoms. The number of amides is 1.